The summed E-state index contributed by atoms with van der Waals surface area (Å²) in [6, 6.07) is 11.6. The molecule has 0 fully saturated rings. The molecule has 0 saturated heterocycles. The van der Waals surface area contributed by atoms with Gasteiger partial charge in [0.1, 0.15) is 35.4 Å². The molecule has 12 heteroatoms. The molecule has 0 radical (unpaired) electrons. The first-order valence-corrected chi connectivity index (χ1v) is 17.2. The molecule has 1 amide bonds. The van der Waals surface area contributed by atoms with Crippen LogP contribution in [0.5, 0.6) is 5.75 Å². The SMILES string of the molecule is COCCOc1cc(F)cc(F)c1-c1c(-c2cc3n(n2)CCN(C(=O)C#CC(C)(C)C)[C@@H]3C)nc(-c2ccc3c(cnn3C)c2)c2ccsc12. The molecule has 9 nitrogen and oxygen atoms in total. The van der Waals surface area contributed by atoms with Gasteiger partial charge < -0.3 is 14.4 Å². The van der Waals surface area contributed by atoms with Crippen molar-refractivity contribution in [2.75, 3.05) is 26.9 Å². The van der Waals surface area contributed by atoms with Gasteiger partial charge in [0.05, 0.1) is 47.9 Å². The van der Waals surface area contributed by atoms with E-state index in [1.54, 1.807) is 11.1 Å². The van der Waals surface area contributed by atoms with Gasteiger partial charge in [-0.2, -0.15) is 10.2 Å². The summed E-state index contributed by atoms with van der Waals surface area (Å²) >= 11 is 1.43. The molecule has 6 aromatic rings. The summed E-state index contributed by atoms with van der Waals surface area (Å²) < 4.78 is 46.4. The van der Waals surface area contributed by atoms with E-state index >= 15 is 4.39 Å². The van der Waals surface area contributed by atoms with E-state index in [-0.39, 0.29) is 41.9 Å². The quantitative estimate of drug-likeness (QED) is 0.126. The number of ether oxygens (including phenoxy) is 2. The molecular weight excluding hydrogens is 659 g/mol. The van der Waals surface area contributed by atoms with Gasteiger partial charge in [0.25, 0.3) is 5.91 Å². The molecule has 1 aliphatic heterocycles. The number of thiophene rings is 1. The van der Waals surface area contributed by atoms with Gasteiger partial charge in [-0.25, -0.2) is 13.8 Å². The molecule has 5 heterocycles. The summed E-state index contributed by atoms with van der Waals surface area (Å²) in [5.41, 5.74) is 4.41. The minimum atomic E-state index is -0.786. The second kappa shape index (κ2) is 13.0. The van der Waals surface area contributed by atoms with E-state index in [9.17, 15) is 9.18 Å². The first kappa shape index (κ1) is 33.4. The zero-order valence-corrected chi connectivity index (χ0v) is 29.5. The molecule has 0 aliphatic carbocycles. The number of hydrogen-bond donors (Lipinski definition) is 0. The molecule has 1 atom stereocenters. The van der Waals surface area contributed by atoms with Crippen molar-refractivity contribution in [1.82, 2.24) is 29.4 Å². The minimum absolute atomic E-state index is 0.0355. The number of aromatic nitrogens is 5. The molecule has 0 saturated carbocycles. The van der Waals surface area contributed by atoms with Crippen molar-refractivity contribution in [3.05, 3.63) is 71.4 Å². The van der Waals surface area contributed by atoms with Crippen molar-refractivity contribution < 1.29 is 23.0 Å². The number of carbonyl (C=O) groups is 1. The van der Waals surface area contributed by atoms with Gasteiger partial charge in [0, 0.05) is 64.8 Å². The maximum atomic E-state index is 16.2. The van der Waals surface area contributed by atoms with Crippen LogP contribution >= 0.6 is 11.3 Å². The summed E-state index contributed by atoms with van der Waals surface area (Å²) in [5.74, 6) is 4.09. The Bertz CT molecular complexity index is 2340. The number of methoxy groups -OCH3 is 1. The smallest absolute Gasteiger partial charge is 0.299 e. The predicted octanol–water partition coefficient (Wildman–Crippen LogP) is 7.64. The topological polar surface area (TPSA) is 87.3 Å². The predicted molar refractivity (Wildman–Crippen MR) is 191 cm³/mol. The van der Waals surface area contributed by atoms with Crippen LogP contribution in [-0.2, 0) is 23.1 Å². The van der Waals surface area contributed by atoms with E-state index < -0.39 is 11.6 Å². The maximum absolute atomic E-state index is 16.2. The van der Waals surface area contributed by atoms with E-state index in [2.05, 4.69) is 16.9 Å². The van der Waals surface area contributed by atoms with Crippen LogP contribution in [0.1, 0.15) is 39.4 Å². The monoisotopic (exact) mass is 694 g/mol. The molecule has 0 bridgehead atoms. The highest BCUT2D eigenvalue weighted by Gasteiger charge is 2.32. The lowest BCUT2D eigenvalue weighted by Crippen LogP contribution is -2.40. The molecule has 50 heavy (non-hydrogen) atoms. The van der Waals surface area contributed by atoms with Crippen LogP contribution in [0.3, 0.4) is 0 Å². The molecule has 0 unspecified atom stereocenters. The van der Waals surface area contributed by atoms with Gasteiger partial charge in [0.2, 0.25) is 0 Å². The summed E-state index contributed by atoms with van der Waals surface area (Å²) in [6.45, 7) is 9.02. The average molecular weight is 695 g/mol. The fraction of sp³-hybridized carbons (Fsp3) is 0.316. The number of pyridine rings is 1. The Kier molecular flexibility index (Phi) is 8.66. The van der Waals surface area contributed by atoms with Crippen molar-refractivity contribution in [2.45, 2.75) is 40.3 Å². The van der Waals surface area contributed by atoms with Crippen LogP contribution < -0.4 is 4.74 Å². The van der Waals surface area contributed by atoms with Gasteiger partial charge in [-0.15, -0.1) is 11.3 Å². The highest BCUT2D eigenvalue weighted by atomic mass is 32.1. The van der Waals surface area contributed by atoms with Gasteiger partial charge in [0.15, 0.2) is 0 Å². The van der Waals surface area contributed by atoms with Gasteiger partial charge in [-0.1, -0.05) is 12.0 Å². The first-order chi connectivity index (χ1) is 23.9. The third-order valence-corrected chi connectivity index (χ3v) is 9.68. The van der Waals surface area contributed by atoms with Crippen LogP contribution in [0.2, 0.25) is 0 Å². The molecule has 256 valence electrons. The number of carbonyl (C=O) groups excluding carboxylic acids is 1. The van der Waals surface area contributed by atoms with Crippen LogP contribution in [0, 0.1) is 28.9 Å². The average Bonchev–Trinajstić information content (AvgIpc) is 3.82. The molecule has 0 spiro atoms. The fourth-order valence-corrected chi connectivity index (χ4v) is 7.27. The highest BCUT2D eigenvalue weighted by Crippen LogP contribution is 2.47. The Labute approximate surface area is 292 Å². The number of nitrogens with zero attached hydrogens (tertiary/aromatic N) is 6. The number of hydrogen-bond acceptors (Lipinski definition) is 7. The third kappa shape index (κ3) is 6.12. The molecular formula is C38H36F2N6O3S. The van der Waals surface area contributed by atoms with Crippen LogP contribution in [-0.4, -0.2) is 62.2 Å². The van der Waals surface area contributed by atoms with Crippen LogP contribution in [0.15, 0.2) is 54.0 Å². The van der Waals surface area contributed by atoms with E-state index in [4.69, 9.17) is 19.6 Å². The second-order valence-corrected chi connectivity index (χ2v) is 14.3. The zero-order chi connectivity index (χ0) is 35.3. The summed E-state index contributed by atoms with van der Waals surface area (Å²) in [7, 11) is 3.42. The zero-order valence-electron chi connectivity index (χ0n) is 28.7. The lowest BCUT2D eigenvalue weighted by Gasteiger charge is -2.32. The normalized spacial score (nSPS) is 14.6. The molecule has 1 aliphatic rings. The fourth-order valence-electron chi connectivity index (χ4n) is 6.32. The lowest BCUT2D eigenvalue weighted by molar-refractivity contribution is -0.128. The van der Waals surface area contributed by atoms with Crippen LogP contribution in [0.25, 0.3) is 54.8 Å². The highest BCUT2D eigenvalue weighted by molar-refractivity contribution is 7.18. The number of halogens is 2. The van der Waals surface area contributed by atoms with E-state index in [1.165, 1.54) is 24.5 Å². The first-order valence-electron chi connectivity index (χ1n) is 16.3. The van der Waals surface area contributed by atoms with Crippen molar-refractivity contribution in [1.29, 1.82) is 0 Å². The number of aryl methyl sites for hydroxylation is 1. The second-order valence-electron chi connectivity index (χ2n) is 13.3. The van der Waals surface area contributed by atoms with Crippen molar-refractivity contribution in [3.8, 4) is 51.4 Å². The number of fused-ring (bicyclic) bond motifs is 3. The number of benzene rings is 2. The van der Waals surface area contributed by atoms with E-state index in [0.717, 1.165) is 38.3 Å². The third-order valence-electron chi connectivity index (χ3n) is 8.75. The van der Waals surface area contributed by atoms with Crippen molar-refractivity contribution in [2.24, 2.45) is 12.5 Å². The Morgan fingerprint density at radius 1 is 1.06 bits per heavy atom. The molecule has 0 N–H and O–H groups in total. The number of rotatable bonds is 7. The number of amides is 1. The Balaban J connectivity index is 1.44. The Morgan fingerprint density at radius 3 is 2.66 bits per heavy atom. The van der Waals surface area contributed by atoms with E-state index in [0.29, 0.717) is 35.7 Å². The summed E-state index contributed by atoms with van der Waals surface area (Å²) in [4.78, 5) is 20.2. The summed E-state index contributed by atoms with van der Waals surface area (Å²) in [5, 5.41) is 13.1. The largest absolute Gasteiger partial charge is 0.490 e. The van der Waals surface area contributed by atoms with Gasteiger partial charge in [-0.3, -0.25) is 14.2 Å². The minimum Gasteiger partial charge on any atom is -0.490 e. The van der Waals surface area contributed by atoms with Crippen LogP contribution in [0.4, 0.5) is 8.78 Å². The van der Waals surface area contributed by atoms with Gasteiger partial charge in [-0.05, 0) is 63.3 Å². The maximum Gasteiger partial charge on any atom is 0.299 e. The van der Waals surface area contributed by atoms with Crippen molar-refractivity contribution in [3.63, 3.8) is 0 Å². The van der Waals surface area contributed by atoms with Gasteiger partial charge >= 0.3 is 0 Å². The lowest BCUT2D eigenvalue weighted by atomic mass is 9.96. The molecule has 4 aromatic heterocycles. The standard InChI is InChI=1S/C38H36F2N6O3S/c1-22-30-20-28(43-46(30)13-12-45(22)32(47)9-11-38(2,3)4)36-34(33-27(40)18-25(39)19-31(33)49-15-14-48-6)37-26(10-16-50-37)35(42-36)23-7-8-29-24(17-23)21-41-44(29)5/h7-8,10,16-22H,12-15H2,1-6H3/t22-/m1/s1. The Morgan fingerprint density at radius 2 is 1.88 bits per heavy atom. The molecule has 7 rings (SSSR count). The Hall–Kier alpha value is -5.12. The summed E-state index contributed by atoms with van der Waals surface area (Å²) in [6.07, 6.45) is 1.81. The van der Waals surface area contributed by atoms with Crippen molar-refractivity contribution >= 4 is 38.2 Å². The molecule has 2 aromatic carbocycles. The van der Waals surface area contributed by atoms with E-state index in [1.807, 2.05) is 79.8 Å².